The van der Waals surface area contributed by atoms with E-state index in [-0.39, 0.29) is 5.97 Å². The van der Waals surface area contributed by atoms with Crippen LogP contribution in [0, 0.1) is 5.92 Å². The highest BCUT2D eigenvalue weighted by Gasteiger charge is 2.19. The molecule has 1 aliphatic rings. The zero-order valence-electron chi connectivity index (χ0n) is 10.6. The van der Waals surface area contributed by atoms with E-state index in [0.29, 0.717) is 19.2 Å². The van der Waals surface area contributed by atoms with E-state index in [1.165, 1.54) is 38.5 Å². The Labute approximate surface area is 98.9 Å². The first-order valence-electron chi connectivity index (χ1n) is 6.63. The van der Waals surface area contributed by atoms with E-state index in [9.17, 15) is 4.79 Å². The van der Waals surface area contributed by atoms with Crippen molar-refractivity contribution in [3.05, 3.63) is 0 Å². The molecule has 1 atom stereocenters. The average Bonchev–Trinajstić information content (AvgIpc) is 2.55. The topological polar surface area (TPSA) is 38.3 Å². The Morgan fingerprint density at radius 3 is 2.50 bits per heavy atom. The fourth-order valence-corrected chi connectivity index (χ4v) is 2.43. The third-order valence-electron chi connectivity index (χ3n) is 3.48. The fraction of sp³-hybridized carbons (Fsp3) is 0.923. The van der Waals surface area contributed by atoms with Gasteiger partial charge in [-0.15, -0.1) is 0 Å². The van der Waals surface area contributed by atoms with Crippen molar-refractivity contribution in [2.45, 2.75) is 58.4 Å². The first-order chi connectivity index (χ1) is 7.74. The van der Waals surface area contributed by atoms with Crippen LogP contribution in [0.4, 0.5) is 0 Å². The van der Waals surface area contributed by atoms with Crippen LogP contribution in [0.3, 0.4) is 0 Å². The minimum Gasteiger partial charge on any atom is -0.465 e. The first kappa shape index (κ1) is 13.5. The molecule has 94 valence electrons. The molecule has 0 aromatic carbocycles. The van der Waals surface area contributed by atoms with Crippen molar-refractivity contribution < 1.29 is 9.53 Å². The summed E-state index contributed by atoms with van der Waals surface area (Å²) in [6.45, 7) is 4.85. The van der Waals surface area contributed by atoms with Crippen LogP contribution < -0.4 is 5.32 Å². The van der Waals surface area contributed by atoms with Gasteiger partial charge < -0.3 is 10.1 Å². The molecular formula is C13H25NO2. The van der Waals surface area contributed by atoms with Gasteiger partial charge >= 0.3 is 5.97 Å². The molecule has 0 amide bonds. The van der Waals surface area contributed by atoms with Crippen LogP contribution in [-0.2, 0) is 9.53 Å². The lowest BCUT2D eigenvalue weighted by Gasteiger charge is -2.23. The molecule has 1 aliphatic carbocycles. The number of esters is 1. The molecule has 0 aromatic rings. The van der Waals surface area contributed by atoms with E-state index < -0.39 is 0 Å². The Hall–Kier alpha value is -0.570. The second-order valence-corrected chi connectivity index (χ2v) is 4.73. The normalized spacial score (nSPS) is 20.1. The molecule has 1 saturated carbocycles. The summed E-state index contributed by atoms with van der Waals surface area (Å²) in [5, 5.41) is 3.29. The maximum Gasteiger partial charge on any atom is 0.319 e. The zero-order valence-corrected chi connectivity index (χ0v) is 10.6. The molecule has 0 aliphatic heterocycles. The minimum atomic E-state index is -0.136. The summed E-state index contributed by atoms with van der Waals surface area (Å²) in [6.07, 6.45) is 8.04. The van der Waals surface area contributed by atoms with Gasteiger partial charge in [0.15, 0.2) is 0 Å². The van der Waals surface area contributed by atoms with Crippen LogP contribution in [0.2, 0.25) is 0 Å². The van der Waals surface area contributed by atoms with Gasteiger partial charge in [0, 0.05) is 6.04 Å². The number of hydrogen-bond acceptors (Lipinski definition) is 3. The molecule has 0 saturated heterocycles. The van der Waals surface area contributed by atoms with Crippen molar-refractivity contribution in [3.63, 3.8) is 0 Å². The third-order valence-corrected chi connectivity index (χ3v) is 3.48. The van der Waals surface area contributed by atoms with Crippen LogP contribution in [0.1, 0.15) is 52.4 Å². The second-order valence-electron chi connectivity index (χ2n) is 4.73. The number of hydrogen-bond donors (Lipinski definition) is 1. The van der Waals surface area contributed by atoms with Gasteiger partial charge in [-0.25, -0.2) is 0 Å². The molecule has 16 heavy (non-hydrogen) atoms. The standard InChI is InChI=1S/C13H25NO2/c1-3-16-13(15)10-14-11(2)12-8-6-4-5-7-9-12/h11-12,14H,3-10H2,1-2H3/t11-/m1/s1. The van der Waals surface area contributed by atoms with Gasteiger partial charge in [-0.1, -0.05) is 25.7 Å². The van der Waals surface area contributed by atoms with Gasteiger partial charge in [0.2, 0.25) is 0 Å². The maximum atomic E-state index is 11.2. The number of nitrogens with one attached hydrogen (secondary N) is 1. The molecule has 3 nitrogen and oxygen atoms in total. The summed E-state index contributed by atoms with van der Waals surface area (Å²) in [7, 11) is 0. The number of rotatable bonds is 5. The zero-order chi connectivity index (χ0) is 11.8. The van der Waals surface area contributed by atoms with Gasteiger partial charge in [0.05, 0.1) is 13.2 Å². The summed E-state index contributed by atoms with van der Waals surface area (Å²) in [4.78, 5) is 11.2. The molecule has 0 bridgehead atoms. The number of ether oxygens (including phenoxy) is 1. The summed E-state index contributed by atoms with van der Waals surface area (Å²) >= 11 is 0. The van der Waals surface area contributed by atoms with E-state index >= 15 is 0 Å². The smallest absolute Gasteiger partial charge is 0.319 e. The van der Waals surface area contributed by atoms with Crippen molar-refractivity contribution in [1.29, 1.82) is 0 Å². The first-order valence-corrected chi connectivity index (χ1v) is 6.63. The second kappa shape index (κ2) is 7.66. The highest BCUT2D eigenvalue weighted by Crippen LogP contribution is 2.25. The maximum absolute atomic E-state index is 11.2. The predicted octanol–water partition coefficient (Wildman–Crippen LogP) is 2.50. The van der Waals surface area contributed by atoms with Gasteiger partial charge in [-0.05, 0) is 32.6 Å². The summed E-state index contributed by atoms with van der Waals surface area (Å²) in [6, 6.07) is 0.433. The number of carbonyl (C=O) groups excluding carboxylic acids is 1. The molecule has 0 radical (unpaired) electrons. The Kier molecular flexibility index (Phi) is 6.46. The largest absolute Gasteiger partial charge is 0.465 e. The van der Waals surface area contributed by atoms with Gasteiger partial charge in [0.25, 0.3) is 0 Å². The lowest BCUT2D eigenvalue weighted by molar-refractivity contribution is -0.142. The monoisotopic (exact) mass is 227 g/mol. The van der Waals surface area contributed by atoms with E-state index in [0.717, 1.165) is 5.92 Å². The molecule has 0 spiro atoms. The predicted molar refractivity (Wildman–Crippen MR) is 65.3 cm³/mol. The minimum absolute atomic E-state index is 0.136. The summed E-state index contributed by atoms with van der Waals surface area (Å²) in [5.41, 5.74) is 0. The van der Waals surface area contributed by atoms with E-state index in [1.807, 2.05) is 6.92 Å². The Balaban J connectivity index is 2.22. The quantitative estimate of drug-likeness (QED) is 0.579. The number of carbonyl (C=O) groups is 1. The van der Waals surface area contributed by atoms with Crippen molar-refractivity contribution in [2.75, 3.05) is 13.2 Å². The van der Waals surface area contributed by atoms with Crippen molar-refractivity contribution in [1.82, 2.24) is 5.32 Å². The van der Waals surface area contributed by atoms with Crippen LogP contribution in [0.5, 0.6) is 0 Å². The van der Waals surface area contributed by atoms with Crippen molar-refractivity contribution in [2.24, 2.45) is 5.92 Å². The van der Waals surface area contributed by atoms with Crippen molar-refractivity contribution >= 4 is 5.97 Å². The highest BCUT2D eigenvalue weighted by atomic mass is 16.5. The third kappa shape index (κ3) is 4.97. The van der Waals surface area contributed by atoms with Crippen LogP contribution in [-0.4, -0.2) is 25.2 Å². The Morgan fingerprint density at radius 2 is 1.94 bits per heavy atom. The molecule has 1 rings (SSSR count). The lowest BCUT2D eigenvalue weighted by atomic mass is 9.93. The van der Waals surface area contributed by atoms with Crippen LogP contribution >= 0.6 is 0 Å². The Bertz CT molecular complexity index is 198. The van der Waals surface area contributed by atoms with E-state index in [1.54, 1.807) is 0 Å². The lowest BCUT2D eigenvalue weighted by Crippen LogP contribution is -2.37. The summed E-state index contributed by atoms with van der Waals surface area (Å²) in [5.74, 6) is 0.597. The molecule has 3 heteroatoms. The van der Waals surface area contributed by atoms with Gasteiger partial charge in [-0.2, -0.15) is 0 Å². The fourth-order valence-electron chi connectivity index (χ4n) is 2.43. The van der Waals surface area contributed by atoms with Crippen LogP contribution in [0.25, 0.3) is 0 Å². The van der Waals surface area contributed by atoms with Gasteiger partial charge in [-0.3, -0.25) is 4.79 Å². The van der Waals surface area contributed by atoms with Gasteiger partial charge in [0.1, 0.15) is 0 Å². The Morgan fingerprint density at radius 1 is 1.31 bits per heavy atom. The molecule has 1 N–H and O–H groups in total. The average molecular weight is 227 g/mol. The van der Waals surface area contributed by atoms with E-state index in [4.69, 9.17) is 4.74 Å². The molecule has 1 fully saturated rings. The highest BCUT2D eigenvalue weighted by molar-refractivity contribution is 5.71. The van der Waals surface area contributed by atoms with Crippen molar-refractivity contribution in [3.8, 4) is 0 Å². The molecule has 0 unspecified atom stereocenters. The van der Waals surface area contributed by atoms with E-state index in [2.05, 4.69) is 12.2 Å². The molecule has 0 heterocycles. The molecular weight excluding hydrogens is 202 g/mol. The molecule has 0 aromatic heterocycles. The van der Waals surface area contributed by atoms with Crippen LogP contribution in [0.15, 0.2) is 0 Å². The summed E-state index contributed by atoms with van der Waals surface area (Å²) < 4.78 is 4.90. The SMILES string of the molecule is CCOC(=O)CN[C@H](C)C1CCCCCC1.